The quantitative estimate of drug-likeness (QED) is 0.894. The molecule has 2 N–H and O–H groups in total. The van der Waals surface area contributed by atoms with Gasteiger partial charge in [-0.15, -0.1) is 0 Å². The van der Waals surface area contributed by atoms with Gasteiger partial charge < -0.3 is 10.5 Å². The van der Waals surface area contributed by atoms with Crippen LogP contribution in [0.15, 0.2) is 36.4 Å². The molecule has 0 spiro atoms. The van der Waals surface area contributed by atoms with E-state index in [2.05, 4.69) is 6.07 Å². The van der Waals surface area contributed by atoms with Crippen molar-refractivity contribution >= 4 is 23.2 Å². The Kier molecular flexibility index (Phi) is 3.88. The van der Waals surface area contributed by atoms with Crippen molar-refractivity contribution in [1.82, 2.24) is 0 Å². The third kappa shape index (κ3) is 2.51. The van der Waals surface area contributed by atoms with Crippen LogP contribution in [0.1, 0.15) is 29.2 Å². The van der Waals surface area contributed by atoms with Gasteiger partial charge in [-0.1, -0.05) is 47.5 Å². The number of nitrogens with two attached hydrogens (primary N) is 1. The Labute approximate surface area is 128 Å². The molecule has 1 unspecified atom stereocenters. The molecule has 2 nitrogen and oxygen atoms in total. The van der Waals surface area contributed by atoms with E-state index in [-0.39, 0.29) is 6.04 Å². The first-order valence-electron chi connectivity index (χ1n) is 6.62. The minimum absolute atomic E-state index is 0.284. The van der Waals surface area contributed by atoms with Gasteiger partial charge in [0, 0.05) is 0 Å². The van der Waals surface area contributed by atoms with Crippen molar-refractivity contribution < 1.29 is 4.74 Å². The predicted molar refractivity (Wildman–Crippen MR) is 82.8 cm³/mol. The van der Waals surface area contributed by atoms with E-state index in [9.17, 15) is 0 Å². The highest BCUT2D eigenvalue weighted by atomic mass is 35.5. The molecule has 0 amide bonds. The Balaban J connectivity index is 1.98. The van der Waals surface area contributed by atoms with Gasteiger partial charge in [-0.05, 0) is 41.7 Å². The lowest BCUT2D eigenvalue weighted by molar-refractivity contribution is 0.288. The molecule has 0 radical (unpaired) electrons. The molecule has 2 aromatic rings. The summed E-state index contributed by atoms with van der Waals surface area (Å²) in [5.41, 5.74) is 9.42. The van der Waals surface area contributed by atoms with E-state index < -0.39 is 0 Å². The van der Waals surface area contributed by atoms with Gasteiger partial charge in [-0.3, -0.25) is 0 Å². The number of benzene rings is 2. The molecule has 0 aromatic heterocycles. The second-order valence-electron chi connectivity index (χ2n) is 4.94. The Hall–Kier alpha value is -1.22. The minimum atomic E-state index is -0.284. The number of hydrogen-bond donors (Lipinski definition) is 1. The van der Waals surface area contributed by atoms with E-state index in [1.54, 1.807) is 6.07 Å². The fourth-order valence-corrected chi connectivity index (χ4v) is 2.94. The van der Waals surface area contributed by atoms with Crippen LogP contribution in [0.5, 0.6) is 5.75 Å². The predicted octanol–water partition coefficient (Wildman–Crippen LogP) is 4.37. The second-order valence-corrected chi connectivity index (χ2v) is 5.73. The van der Waals surface area contributed by atoms with Gasteiger partial charge in [-0.2, -0.15) is 0 Å². The normalized spacial score (nSPS) is 15.3. The molecule has 0 saturated heterocycles. The average molecular weight is 308 g/mol. The van der Waals surface area contributed by atoms with Gasteiger partial charge in [-0.25, -0.2) is 0 Å². The number of fused-ring (bicyclic) bond motifs is 1. The van der Waals surface area contributed by atoms with E-state index >= 15 is 0 Å². The molecular formula is C16H15Cl2NO. The minimum Gasteiger partial charge on any atom is -0.493 e. The SMILES string of the molecule is NC(c1ccc2c(c1)CCCO2)c1cccc(Cl)c1Cl. The molecule has 1 atom stereocenters. The van der Waals surface area contributed by atoms with E-state index in [1.165, 1.54) is 5.56 Å². The second kappa shape index (κ2) is 5.65. The summed E-state index contributed by atoms with van der Waals surface area (Å²) in [5.74, 6) is 0.962. The van der Waals surface area contributed by atoms with Crippen LogP contribution in [0, 0.1) is 0 Å². The van der Waals surface area contributed by atoms with Crippen LogP contribution in [0.3, 0.4) is 0 Å². The van der Waals surface area contributed by atoms with E-state index in [0.717, 1.165) is 36.3 Å². The fourth-order valence-electron chi connectivity index (χ4n) is 2.51. The van der Waals surface area contributed by atoms with Crippen LogP contribution in [-0.4, -0.2) is 6.61 Å². The van der Waals surface area contributed by atoms with Crippen LogP contribution in [0.25, 0.3) is 0 Å². The highest BCUT2D eigenvalue weighted by Crippen LogP contribution is 2.34. The average Bonchev–Trinajstić information content (AvgIpc) is 2.49. The Bertz CT molecular complexity index is 642. The van der Waals surface area contributed by atoms with E-state index in [0.29, 0.717) is 10.0 Å². The molecule has 1 heterocycles. The number of hydrogen-bond acceptors (Lipinski definition) is 2. The van der Waals surface area contributed by atoms with Crippen molar-refractivity contribution in [2.75, 3.05) is 6.61 Å². The number of rotatable bonds is 2. The van der Waals surface area contributed by atoms with Crippen molar-refractivity contribution in [2.24, 2.45) is 5.73 Å². The van der Waals surface area contributed by atoms with Crippen LogP contribution >= 0.6 is 23.2 Å². The Morgan fingerprint density at radius 1 is 1.15 bits per heavy atom. The zero-order valence-corrected chi connectivity index (χ0v) is 12.4. The zero-order valence-electron chi connectivity index (χ0n) is 10.9. The van der Waals surface area contributed by atoms with Gasteiger partial charge in [0.25, 0.3) is 0 Å². The summed E-state index contributed by atoms with van der Waals surface area (Å²) in [4.78, 5) is 0. The maximum atomic E-state index is 6.34. The Morgan fingerprint density at radius 3 is 2.85 bits per heavy atom. The van der Waals surface area contributed by atoms with Crippen molar-refractivity contribution in [3.63, 3.8) is 0 Å². The molecule has 1 aliphatic rings. The van der Waals surface area contributed by atoms with Crippen molar-refractivity contribution in [1.29, 1.82) is 0 Å². The lowest BCUT2D eigenvalue weighted by Crippen LogP contribution is -2.14. The molecular weight excluding hydrogens is 293 g/mol. The maximum Gasteiger partial charge on any atom is 0.122 e. The number of halogens is 2. The first-order valence-corrected chi connectivity index (χ1v) is 7.37. The lowest BCUT2D eigenvalue weighted by atomic mass is 9.95. The highest BCUT2D eigenvalue weighted by Gasteiger charge is 2.17. The molecule has 3 rings (SSSR count). The summed E-state index contributed by atoms with van der Waals surface area (Å²) < 4.78 is 5.62. The lowest BCUT2D eigenvalue weighted by Gasteiger charge is -2.20. The molecule has 20 heavy (non-hydrogen) atoms. The monoisotopic (exact) mass is 307 g/mol. The van der Waals surface area contributed by atoms with Gasteiger partial charge in [0.05, 0.1) is 22.7 Å². The first-order chi connectivity index (χ1) is 9.66. The van der Waals surface area contributed by atoms with Crippen LogP contribution < -0.4 is 10.5 Å². The standard InChI is InChI=1S/C16H15Cl2NO/c17-13-5-1-4-12(15(13)18)16(19)11-6-7-14-10(9-11)3-2-8-20-14/h1,4-7,9,16H,2-3,8,19H2. The molecule has 4 heteroatoms. The van der Waals surface area contributed by atoms with Crippen LogP contribution in [-0.2, 0) is 6.42 Å². The summed E-state index contributed by atoms with van der Waals surface area (Å²) in [6.45, 7) is 0.790. The van der Waals surface area contributed by atoms with Crippen molar-refractivity contribution in [3.05, 3.63) is 63.1 Å². The van der Waals surface area contributed by atoms with Crippen molar-refractivity contribution in [3.8, 4) is 5.75 Å². The fraction of sp³-hybridized carbons (Fsp3) is 0.250. The van der Waals surface area contributed by atoms with E-state index in [1.807, 2.05) is 24.3 Å². The van der Waals surface area contributed by atoms with Gasteiger partial charge in [0.15, 0.2) is 0 Å². The van der Waals surface area contributed by atoms with Gasteiger partial charge in [0.2, 0.25) is 0 Å². The molecule has 0 saturated carbocycles. The van der Waals surface area contributed by atoms with Crippen molar-refractivity contribution in [2.45, 2.75) is 18.9 Å². The van der Waals surface area contributed by atoms with Gasteiger partial charge >= 0.3 is 0 Å². The number of ether oxygens (including phenoxy) is 1. The maximum absolute atomic E-state index is 6.34. The molecule has 1 aliphatic heterocycles. The molecule has 0 fully saturated rings. The summed E-state index contributed by atoms with van der Waals surface area (Å²) in [6.07, 6.45) is 2.07. The van der Waals surface area contributed by atoms with E-state index in [4.69, 9.17) is 33.7 Å². The third-order valence-electron chi connectivity index (χ3n) is 3.61. The zero-order chi connectivity index (χ0) is 14.1. The Morgan fingerprint density at radius 2 is 2.00 bits per heavy atom. The molecule has 2 aromatic carbocycles. The largest absolute Gasteiger partial charge is 0.493 e. The van der Waals surface area contributed by atoms with Crippen LogP contribution in [0.4, 0.5) is 0 Å². The summed E-state index contributed by atoms with van der Waals surface area (Å²) in [5, 5.41) is 1.05. The first kappa shape index (κ1) is 13.7. The molecule has 0 aliphatic carbocycles. The highest BCUT2D eigenvalue weighted by molar-refractivity contribution is 6.42. The smallest absolute Gasteiger partial charge is 0.122 e. The summed E-state index contributed by atoms with van der Waals surface area (Å²) >= 11 is 12.3. The third-order valence-corrected chi connectivity index (χ3v) is 4.44. The molecule has 0 bridgehead atoms. The number of aryl methyl sites for hydroxylation is 1. The summed E-state index contributed by atoms with van der Waals surface area (Å²) in [7, 11) is 0. The van der Waals surface area contributed by atoms with Gasteiger partial charge in [0.1, 0.15) is 5.75 Å². The van der Waals surface area contributed by atoms with Crippen LogP contribution in [0.2, 0.25) is 10.0 Å². The molecule has 104 valence electrons. The summed E-state index contributed by atoms with van der Waals surface area (Å²) in [6, 6.07) is 11.3. The topological polar surface area (TPSA) is 35.2 Å².